The van der Waals surface area contributed by atoms with Crippen LogP contribution in [0.3, 0.4) is 0 Å². The van der Waals surface area contributed by atoms with Crippen LogP contribution in [-0.4, -0.2) is 13.2 Å². The molecular formula is C8H13O3P. The van der Waals surface area contributed by atoms with Gasteiger partial charge in [0.2, 0.25) is 0 Å². The van der Waals surface area contributed by atoms with Gasteiger partial charge in [0.1, 0.15) is 0 Å². The topological polar surface area (TPSA) is 35.5 Å². The molecule has 0 radical (unpaired) electrons. The third-order valence-electron chi connectivity index (χ3n) is 0.962. The van der Waals surface area contributed by atoms with Gasteiger partial charge in [-0.05, 0) is 6.92 Å². The Balaban J connectivity index is 3.31. The summed E-state index contributed by atoms with van der Waals surface area (Å²) in [4.78, 5) is 0. The van der Waals surface area contributed by atoms with Gasteiger partial charge in [-0.1, -0.05) is 12.2 Å². The predicted molar refractivity (Wildman–Crippen MR) is 49.2 cm³/mol. The van der Waals surface area contributed by atoms with Gasteiger partial charge in [-0.3, -0.25) is 4.57 Å². The summed E-state index contributed by atoms with van der Waals surface area (Å²) in [6.07, 6.45) is 9.07. The van der Waals surface area contributed by atoms with Crippen LogP contribution in [0.15, 0.2) is 12.2 Å². The number of rotatable bonds is 6. The second-order valence-corrected chi connectivity index (χ2v) is 2.95. The Morgan fingerprint density at radius 3 is 2.83 bits per heavy atom. The van der Waals surface area contributed by atoms with Crippen LogP contribution >= 0.6 is 8.25 Å². The number of hydrogen-bond acceptors (Lipinski definition) is 3. The fraction of sp³-hybridized carbons (Fsp3) is 0.500. The highest BCUT2D eigenvalue weighted by Gasteiger charge is 1.93. The molecule has 0 heterocycles. The first-order chi connectivity index (χ1) is 5.81. The first-order valence-electron chi connectivity index (χ1n) is 3.69. The Morgan fingerprint density at radius 2 is 2.25 bits per heavy atom. The monoisotopic (exact) mass is 188 g/mol. The minimum atomic E-state index is -2.28. The lowest BCUT2D eigenvalue weighted by Crippen LogP contribution is -1.84. The van der Waals surface area contributed by atoms with Crippen molar-refractivity contribution in [1.82, 2.24) is 0 Å². The van der Waals surface area contributed by atoms with Crippen LogP contribution in [0.1, 0.15) is 13.3 Å². The van der Waals surface area contributed by atoms with E-state index in [0.29, 0.717) is 19.6 Å². The van der Waals surface area contributed by atoms with Gasteiger partial charge < -0.3 is 9.05 Å². The average Bonchev–Trinajstić information content (AvgIpc) is 2.05. The van der Waals surface area contributed by atoms with Crippen molar-refractivity contribution in [2.24, 2.45) is 0 Å². The van der Waals surface area contributed by atoms with Crippen molar-refractivity contribution in [2.75, 3.05) is 13.2 Å². The number of terminal acetylenes is 1. The van der Waals surface area contributed by atoms with Crippen molar-refractivity contribution in [2.45, 2.75) is 13.3 Å². The van der Waals surface area contributed by atoms with Crippen molar-refractivity contribution in [3.8, 4) is 12.3 Å². The molecule has 0 aliphatic carbocycles. The van der Waals surface area contributed by atoms with E-state index in [4.69, 9.17) is 15.5 Å². The quantitative estimate of drug-likeness (QED) is 0.363. The Labute approximate surface area is 73.7 Å². The standard InChI is InChI=1S/C8H13O3P/c1-3-5-6-7-8-11-12(9)10-4-2/h1,6-7,12H,4-5,8H2,2H3. The minimum Gasteiger partial charge on any atom is -0.311 e. The Bertz CT molecular complexity index is 193. The van der Waals surface area contributed by atoms with E-state index in [9.17, 15) is 4.57 Å². The Kier molecular flexibility index (Phi) is 8.15. The molecule has 0 aromatic heterocycles. The summed E-state index contributed by atoms with van der Waals surface area (Å²) in [5.41, 5.74) is 0. The van der Waals surface area contributed by atoms with Crippen LogP contribution < -0.4 is 0 Å². The van der Waals surface area contributed by atoms with Crippen molar-refractivity contribution >= 4 is 8.25 Å². The molecule has 0 aliphatic heterocycles. The zero-order valence-corrected chi connectivity index (χ0v) is 8.08. The summed E-state index contributed by atoms with van der Waals surface area (Å²) in [6, 6.07) is 0. The molecule has 0 aliphatic rings. The van der Waals surface area contributed by atoms with Gasteiger partial charge in [0, 0.05) is 6.42 Å². The summed E-state index contributed by atoms with van der Waals surface area (Å²) in [5, 5.41) is 0. The van der Waals surface area contributed by atoms with Crippen molar-refractivity contribution in [3.63, 3.8) is 0 Å². The van der Waals surface area contributed by atoms with E-state index in [1.54, 1.807) is 19.1 Å². The normalized spacial score (nSPS) is 13.0. The molecule has 0 saturated carbocycles. The van der Waals surface area contributed by atoms with E-state index in [1.807, 2.05) is 0 Å². The molecule has 0 saturated heterocycles. The van der Waals surface area contributed by atoms with Crippen LogP contribution in [0.4, 0.5) is 0 Å². The lowest BCUT2D eigenvalue weighted by molar-refractivity contribution is 0.251. The molecule has 3 nitrogen and oxygen atoms in total. The maximum Gasteiger partial charge on any atom is 0.319 e. The second kappa shape index (κ2) is 8.55. The van der Waals surface area contributed by atoms with Crippen LogP contribution in [0, 0.1) is 12.3 Å². The van der Waals surface area contributed by atoms with Gasteiger partial charge in [-0.2, -0.15) is 0 Å². The first-order valence-corrected chi connectivity index (χ1v) is 4.91. The molecule has 0 aromatic rings. The molecule has 0 spiro atoms. The Hall–Kier alpha value is -0.550. The van der Waals surface area contributed by atoms with Crippen LogP contribution in [0.25, 0.3) is 0 Å². The van der Waals surface area contributed by atoms with E-state index in [2.05, 4.69) is 5.92 Å². The lowest BCUT2D eigenvalue weighted by atomic mass is 10.4. The fourth-order valence-electron chi connectivity index (χ4n) is 0.495. The summed E-state index contributed by atoms with van der Waals surface area (Å²) >= 11 is 0. The molecule has 0 bridgehead atoms. The lowest BCUT2D eigenvalue weighted by Gasteiger charge is -1.99. The van der Waals surface area contributed by atoms with Gasteiger partial charge in [0.05, 0.1) is 13.2 Å². The zero-order chi connectivity index (χ0) is 9.23. The fourth-order valence-corrected chi connectivity index (χ4v) is 1.05. The van der Waals surface area contributed by atoms with Crippen LogP contribution in [-0.2, 0) is 13.6 Å². The molecule has 0 rings (SSSR count). The molecule has 0 N–H and O–H groups in total. The highest BCUT2D eigenvalue weighted by molar-refractivity contribution is 7.33. The molecule has 0 aromatic carbocycles. The molecule has 0 amide bonds. The molecule has 1 atom stereocenters. The molecule has 0 fully saturated rings. The van der Waals surface area contributed by atoms with Gasteiger partial charge >= 0.3 is 8.25 Å². The molecule has 12 heavy (non-hydrogen) atoms. The highest BCUT2D eigenvalue weighted by atomic mass is 31.1. The number of allylic oxidation sites excluding steroid dienone is 1. The molecule has 68 valence electrons. The first kappa shape index (κ1) is 11.4. The van der Waals surface area contributed by atoms with E-state index in [0.717, 1.165) is 0 Å². The maximum atomic E-state index is 10.7. The van der Waals surface area contributed by atoms with Crippen LogP contribution in [0.2, 0.25) is 0 Å². The van der Waals surface area contributed by atoms with Crippen LogP contribution in [0.5, 0.6) is 0 Å². The van der Waals surface area contributed by atoms with Gasteiger partial charge in [-0.15, -0.1) is 12.3 Å². The maximum absolute atomic E-state index is 10.7. The molecule has 1 unspecified atom stereocenters. The average molecular weight is 188 g/mol. The van der Waals surface area contributed by atoms with Gasteiger partial charge in [0.25, 0.3) is 0 Å². The minimum absolute atomic E-state index is 0.291. The van der Waals surface area contributed by atoms with Crippen molar-refractivity contribution in [1.29, 1.82) is 0 Å². The van der Waals surface area contributed by atoms with E-state index in [1.165, 1.54) is 0 Å². The molecular weight excluding hydrogens is 175 g/mol. The largest absolute Gasteiger partial charge is 0.319 e. The Morgan fingerprint density at radius 1 is 1.50 bits per heavy atom. The third-order valence-corrected chi connectivity index (χ3v) is 1.89. The molecule has 4 heteroatoms. The SMILES string of the molecule is C#CCC=CCO[PH](=O)OCC. The summed E-state index contributed by atoms with van der Waals surface area (Å²) in [6.45, 7) is 2.46. The van der Waals surface area contributed by atoms with E-state index in [-0.39, 0.29) is 0 Å². The predicted octanol–water partition coefficient (Wildman–Crippen LogP) is 2.01. The van der Waals surface area contributed by atoms with Crippen molar-refractivity contribution in [3.05, 3.63) is 12.2 Å². The number of hydrogen-bond donors (Lipinski definition) is 0. The highest BCUT2D eigenvalue weighted by Crippen LogP contribution is 2.22. The second-order valence-electron chi connectivity index (χ2n) is 1.87. The smallest absolute Gasteiger partial charge is 0.311 e. The van der Waals surface area contributed by atoms with E-state index < -0.39 is 8.25 Å². The third kappa shape index (κ3) is 7.56. The van der Waals surface area contributed by atoms with E-state index >= 15 is 0 Å². The summed E-state index contributed by atoms with van der Waals surface area (Å²) < 4.78 is 20.2. The van der Waals surface area contributed by atoms with Gasteiger partial charge in [-0.25, -0.2) is 0 Å². The summed E-state index contributed by atoms with van der Waals surface area (Å²) in [5.74, 6) is 2.44. The summed E-state index contributed by atoms with van der Waals surface area (Å²) in [7, 11) is -2.28. The van der Waals surface area contributed by atoms with Gasteiger partial charge in [0.15, 0.2) is 0 Å². The zero-order valence-electron chi connectivity index (χ0n) is 7.08. The van der Waals surface area contributed by atoms with Crippen molar-refractivity contribution < 1.29 is 13.6 Å².